The highest BCUT2D eigenvalue weighted by molar-refractivity contribution is 7.98. The summed E-state index contributed by atoms with van der Waals surface area (Å²) >= 11 is 1.72. The van der Waals surface area contributed by atoms with E-state index in [2.05, 4.69) is 15.1 Å². The molecular weight excluding hydrogens is 238 g/mol. The average Bonchev–Trinajstić information content (AvgIpc) is 2.68. The molecule has 0 aromatic carbocycles. The number of nitrogens with two attached hydrogens (primary N) is 1. The minimum Gasteiger partial charge on any atom is -0.384 e. The van der Waals surface area contributed by atoms with Crippen LogP contribution in [0.2, 0.25) is 0 Å². The van der Waals surface area contributed by atoms with Gasteiger partial charge in [-0.25, -0.2) is 9.97 Å². The van der Waals surface area contributed by atoms with Gasteiger partial charge >= 0.3 is 0 Å². The number of aromatic nitrogens is 4. The van der Waals surface area contributed by atoms with E-state index < -0.39 is 0 Å². The van der Waals surface area contributed by atoms with Crippen molar-refractivity contribution in [3.63, 3.8) is 0 Å². The topological polar surface area (TPSA) is 78.9 Å². The zero-order valence-corrected chi connectivity index (χ0v) is 10.7. The molecule has 2 aromatic heterocycles. The van der Waals surface area contributed by atoms with Gasteiger partial charge < -0.3 is 10.5 Å². The smallest absolute Gasteiger partial charge is 0.163 e. The molecule has 0 radical (unpaired) electrons. The summed E-state index contributed by atoms with van der Waals surface area (Å²) in [6, 6.07) is 0. The highest BCUT2D eigenvalue weighted by Crippen LogP contribution is 2.18. The van der Waals surface area contributed by atoms with Gasteiger partial charge in [0.15, 0.2) is 5.65 Å². The molecule has 0 aliphatic rings. The van der Waals surface area contributed by atoms with Crippen LogP contribution in [0.15, 0.2) is 6.20 Å². The Balaban J connectivity index is 2.15. The van der Waals surface area contributed by atoms with Gasteiger partial charge in [-0.15, -0.1) is 0 Å². The molecular formula is C10H15N5OS. The molecule has 7 heteroatoms. The van der Waals surface area contributed by atoms with Crippen LogP contribution in [0.1, 0.15) is 5.82 Å². The summed E-state index contributed by atoms with van der Waals surface area (Å²) in [7, 11) is 3.54. The number of hydrogen-bond acceptors (Lipinski definition) is 6. The Hall–Kier alpha value is -1.34. The molecule has 0 saturated heterocycles. The summed E-state index contributed by atoms with van der Waals surface area (Å²) in [5.41, 5.74) is 6.64. The van der Waals surface area contributed by atoms with Crippen molar-refractivity contribution in [3.8, 4) is 0 Å². The van der Waals surface area contributed by atoms with Crippen molar-refractivity contribution in [2.75, 3.05) is 25.2 Å². The standard InChI is InChI=1S/C10H15N5OS/c1-15-10-7(5-12-15)9(11)13-8(14-10)6-17-4-3-16-2/h5H,3-4,6H2,1-2H3,(H2,11,13,14). The molecule has 2 rings (SSSR count). The number of fused-ring (bicyclic) bond motifs is 1. The summed E-state index contributed by atoms with van der Waals surface area (Å²) < 4.78 is 6.69. The molecule has 0 amide bonds. The Morgan fingerprint density at radius 2 is 2.29 bits per heavy atom. The van der Waals surface area contributed by atoms with Gasteiger partial charge in [-0.3, -0.25) is 4.68 Å². The van der Waals surface area contributed by atoms with Crippen LogP contribution in [0.3, 0.4) is 0 Å². The summed E-state index contributed by atoms with van der Waals surface area (Å²) in [6.45, 7) is 0.730. The van der Waals surface area contributed by atoms with Crippen LogP contribution < -0.4 is 5.73 Å². The Kier molecular flexibility index (Phi) is 3.80. The molecule has 0 aliphatic carbocycles. The molecule has 0 spiro atoms. The first kappa shape index (κ1) is 12.1. The molecule has 0 unspecified atom stereocenters. The molecule has 0 bridgehead atoms. The molecule has 0 aliphatic heterocycles. The Morgan fingerprint density at radius 3 is 3.06 bits per heavy atom. The quantitative estimate of drug-likeness (QED) is 0.795. The van der Waals surface area contributed by atoms with Gasteiger partial charge in [0, 0.05) is 19.9 Å². The van der Waals surface area contributed by atoms with Gasteiger partial charge in [0.25, 0.3) is 0 Å². The molecule has 0 fully saturated rings. The highest BCUT2D eigenvalue weighted by atomic mass is 32.2. The highest BCUT2D eigenvalue weighted by Gasteiger charge is 2.08. The Labute approximate surface area is 104 Å². The molecule has 17 heavy (non-hydrogen) atoms. The number of aryl methyl sites for hydroxylation is 1. The molecule has 2 N–H and O–H groups in total. The maximum Gasteiger partial charge on any atom is 0.163 e. The first-order valence-corrected chi connectivity index (χ1v) is 6.38. The first-order chi connectivity index (χ1) is 8.22. The van der Waals surface area contributed by atoms with Crippen LogP contribution in [0.5, 0.6) is 0 Å². The third-order valence-corrected chi connectivity index (χ3v) is 3.25. The van der Waals surface area contributed by atoms with Gasteiger partial charge in [-0.05, 0) is 0 Å². The van der Waals surface area contributed by atoms with Crippen LogP contribution in [-0.4, -0.2) is 39.2 Å². The number of nitrogens with zero attached hydrogens (tertiary/aromatic N) is 4. The first-order valence-electron chi connectivity index (χ1n) is 5.23. The number of thioether (sulfide) groups is 1. The van der Waals surface area contributed by atoms with Crippen molar-refractivity contribution in [1.29, 1.82) is 0 Å². The second kappa shape index (κ2) is 5.33. The fraction of sp³-hybridized carbons (Fsp3) is 0.500. The van der Waals surface area contributed by atoms with E-state index in [0.717, 1.165) is 35.0 Å². The van der Waals surface area contributed by atoms with Crippen molar-refractivity contribution < 1.29 is 4.74 Å². The van der Waals surface area contributed by atoms with Crippen LogP contribution in [0, 0.1) is 0 Å². The maximum atomic E-state index is 5.86. The second-order valence-corrected chi connectivity index (χ2v) is 4.68. The SMILES string of the molecule is COCCSCc1nc(N)c2cnn(C)c2n1. The molecule has 2 aromatic rings. The van der Waals surface area contributed by atoms with Gasteiger partial charge in [-0.2, -0.15) is 16.9 Å². The molecule has 0 atom stereocenters. The van der Waals surface area contributed by atoms with Crippen molar-refractivity contribution in [3.05, 3.63) is 12.0 Å². The van der Waals surface area contributed by atoms with E-state index in [0.29, 0.717) is 5.82 Å². The van der Waals surface area contributed by atoms with E-state index in [1.54, 1.807) is 29.8 Å². The van der Waals surface area contributed by atoms with Gasteiger partial charge in [0.1, 0.15) is 11.6 Å². The van der Waals surface area contributed by atoms with E-state index in [-0.39, 0.29) is 0 Å². The fourth-order valence-corrected chi connectivity index (χ4v) is 2.20. The third kappa shape index (κ3) is 2.67. The van der Waals surface area contributed by atoms with Crippen LogP contribution in [0.4, 0.5) is 5.82 Å². The number of methoxy groups -OCH3 is 1. The van der Waals surface area contributed by atoms with Crippen molar-refractivity contribution in [1.82, 2.24) is 19.7 Å². The number of hydrogen-bond donors (Lipinski definition) is 1. The predicted molar refractivity (Wildman–Crippen MR) is 68.8 cm³/mol. The lowest BCUT2D eigenvalue weighted by atomic mass is 10.4. The van der Waals surface area contributed by atoms with Crippen molar-refractivity contribution >= 4 is 28.6 Å². The predicted octanol–water partition coefficient (Wildman–Crippen LogP) is 0.825. The Morgan fingerprint density at radius 1 is 1.47 bits per heavy atom. The van der Waals surface area contributed by atoms with Gasteiger partial charge in [0.05, 0.1) is 23.9 Å². The third-order valence-electron chi connectivity index (χ3n) is 2.33. The normalized spacial score (nSPS) is 11.2. The second-order valence-electron chi connectivity index (χ2n) is 3.58. The number of anilines is 1. The number of nitrogen functional groups attached to an aromatic ring is 1. The molecule has 2 heterocycles. The zero-order valence-electron chi connectivity index (χ0n) is 9.88. The molecule has 0 saturated carbocycles. The summed E-state index contributed by atoms with van der Waals surface area (Å²) in [4.78, 5) is 8.70. The lowest BCUT2D eigenvalue weighted by Gasteiger charge is -2.03. The van der Waals surface area contributed by atoms with E-state index in [1.807, 2.05) is 7.05 Å². The van der Waals surface area contributed by atoms with E-state index in [1.165, 1.54) is 0 Å². The largest absolute Gasteiger partial charge is 0.384 e. The minimum atomic E-state index is 0.491. The van der Waals surface area contributed by atoms with E-state index >= 15 is 0 Å². The zero-order chi connectivity index (χ0) is 12.3. The Bertz CT molecular complexity index is 513. The molecule has 92 valence electrons. The van der Waals surface area contributed by atoms with Gasteiger partial charge in [0.2, 0.25) is 0 Å². The van der Waals surface area contributed by atoms with E-state index in [9.17, 15) is 0 Å². The van der Waals surface area contributed by atoms with Crippen LogP contribution in [0.25, 0.3) is 11.0 Å². The lowest BCUT2D eigenvalue weighted by Crippen LogP contribution is -2.02. The van der Waals surface area contributed by atoms with Gasteiger partial charge in [-0.1, -0.05) is 0 Å². The fourth-order valence-electron chi connectivity index (χ4n) is 1.46. The summed E-state index contributed by atoms with van der Waals surface area (Å²) in [5, 5.41) is 4.92. The monoisotopic (exact) mass is 253 g/mol. The number of ether oxygens (including phenoxy) is 1. The van der Waals surface area contributed by atoms with Crippen molar-refractivity contribution in [2.45, 2.75) is 5.75 Å². The van der Waals surface area contributed by atoms with E-state index in [4.69, 9.17) is 10.5 Å². The number of rotatable bonds is 5. The molecule has 6 nitrogen and oxygen atoms in total. The van der Waals surface area contributed by atoms with Crippen LogP contribution >= 0.6 is 11.8 Å². The lowest BCUT2D eigenvalue weighted by molar-refractivity contribution is 0.218. The van der Waals surface area contributed by atoms with Crippen molar-refractivity contribution in [2.24, 2.45) is 7.05 Å². The maximum absolute atomic E-state index is 5.86. The minimum absolute atomic E-state index is 0.491. The summed E-state index contributed by atoms with van der Waals surface area (Å²) in [6.07, 6.45) is 1.69. The average molecular weight is 253 g/mol. The summed E-state index contributed by atoms with van der Waals surface area (Å²) in [5.74, 6) is 2.88. The van der Waals surface area contributed by atoms with Crippen LogP contribution in [-0.2, 0) is 17.5 Å².